The highest BCUT2D eigenvalue weighted by Crippen LogP contribution is 2.19. The second kappa shape index (κ2) is 4.63. The van der Waals surface area contributed by atoms with E-state index in [1.165, 1.54) is 0 Å². The van der Waals surface area contributed by atoms with Gasteiger partial charge >= 0.3 is 0 Å². The van der Waals surface area contributed by atoms with E-state index >= 15 is 0 Å². The normalized spacial score (nSPS) is 27.7. The molecule has 1 N–H and O–H groups in total. The number of amides is 1. The van der Waals surface area contributed by atoms with Crippen LogP contribution in [0.5, 0.6) is 0 Å². The zero-order chi connectivity index (χ0) is 10.7. The van der Waals surface area contributed by atoms with E-state index in [0.717, 1.165) is 45.4 Å². The van der Waals surface area contributed by atoms with Crippen molar-refractivity contribution < 1.29 is 4.79 Å². The van der Waals surface area contributed by atoms with Crippen LogP contribution in [0, 0.1) is 23.2 Å². The summed E-state index contributed by atoms with van der Waals surface area (Å²) in [6.45, 7) is 3.34. The molecule has 0 aromatic carbocycles. The molecule has 4 heteroatoms. The van der Waals surface area contributed by atoms with E-state index < -0.39 is 0 Å². The number of carbonyl (C=O) groups is 1. The molecule has 2 aliphatic rings. The molecular weight excluding hydrogens is 190 g/mol. The first-order valence-electron chi connectivity index (χ1n) is 5.70. The third-order valence-electron chi connectivity index (χ3n) is 3.40. The molecule has 0 spiro atoms. The van der Waals surface area contributed by atoms with Crippen molar-refractivity contribution in [1.29, 1.82) is 5.26 Å². The maximum atomic E-state index is 12.0. The molecule has 2 rings (SSSR count). The van der Waals surface area contributed by atoms with Gasteiger partial charge in [-0.15, -0.1) is 0 Å². The lowest BCUT2D eigenvalue weighted by atomic mass is 9.97. The molecule has 0 bridgehead atoms. The number of likely N-dealkylation sites (tertiary alicyclic amines) is 1. The van der Waals surface area contributed by atoms with Gasteiger partial charge in [0.05, 0.1) is 12.0 Å². The lowest BCUT2D eigenvalue weighted by Crippen LogP contribution is -2.42. The van der Waals surface area contributed by atoms with Crippen molar-refractivity contribution in [2.45, 2.75) is 19.3 Å². The number of nitriles is 1. The average Bonchev–Trinajstić information content (AvgIpc) is 2.82. The second-order valence-electron chi connectivity index (χ2n) is 4.42. The number of rotatable bonds is 1. The van der Waals surface area contributed by atoms with Gasteiger partial charge in [0, 0.05) is 25.6 Å². The number of nitrogens with zero attached hydrogens (tertiary/aromatic N) is 2. The van der Waals surface area contributed by atoms with Gasteiger partial charge < -0.3 is 10.2 Å². The van der Waals surface area contributed by atoms with Gasteiger partial charge in [-0.3, -0.25) is 4.79 Å². The monoisotopic (exact) mass is 207 g/mol. The molecule has 0 aromatic rings. The largest absolute Gasteiger partial charge is 0.342 e. The number of hydrogen-bond donors (Lipinski definition) is 1. The minimum Gasteiger partial charge on any atom is -0.342 e. The molecule has 2 saturated heterocycles. The molecule has 2 fully saturated rings. The van der Waals surface area contributed by atoms with Crippen molar-refractivity contribution >= 4 is 5.91 Å². The van der Waals surface area contributed by atoms with Crippen molar-refractivity contribution in [2.75, 3.05) is 26.2 Å². The molecule has 82 valence electrons. The van der Waals surface area contributed by atoms with Gasteiger partial charge in [0.25, 0.3) is 0 Å². The van der Waals surface area contributed by atoms with Crippen LogP contribution in [0.15, 0.2) is 0 Å². The fourth-order valence-corrected chi connectivity index (χ4v) is 2.35. The number of carbonyl (C=O) groups excluding carboxylic acids is 1. The number of hydrogen-bond acceptors (Lipinski definition) is 3. The average molecular weight is 207 g/mol. The number of nitrogens with one attached hydrogen (secondary N) is 1. The molecule has 1 amide bonds. The van der Waals surface area contributed by atoms with Gasteiger partial charge in [-0.25, -0.2) is 0 Å². The van der Waals surface area contributed by atoms with Crippen LogP contribution in [-0.4, -0.2) is 37.0 Å². The molecule has 0 unspecified atom stereocenters. The molecule has 0 saturated carbocycles. The van der Waals surface area contributed by atoms with Crippen LogP contribution in [0.4, 0.5) is 0 Å². The predicted octanol–water partition coefficient (Wildman–Crippen LogP) is 0.358. The Morgan fingerprint density at radius 2 is 2.07 bits per heavy atom. The van der Waals surface area contributed by atoms with E-state index in [4.69, 9.17) is 5.26 Å². The topological polar surface area (TPSA) is 56.1 Å². The maximum absolute atomic E-state index is 12.0. The van der Waals surface area contributed by atoms with E-state index in [9.17, 15) is 4.79 Å². The Morgan fingerprint density at radius 3 is 2.60 bits per heavy atom. The highest BCUT2D eigenvalue weighted by Gasteiger charge is 2.29. The van der Waals surface area contributed by atoms with Crippen LogP contribution in [0.3, 0.4) is 0 Å². The Bertz CT molecular complexity index is 270. The zero-order valence-electron chi connectivity index (χ0n) is 8.91. The summed E-state index contributed by atoms with van der Waals surface area (Å²) >= 11 is 0. The highest BCUT2D eigenvalue weighted by atomic mass is 16.2. The van der Waals surface area contributed by atoms with Crippen LogP contribution >= 0.6 is 0 Å². The molecular formula is C11H17N3O. The van der Waals surface area contributed by atoms with E-state index in [2.05, 4.69) is 11.4 Å². The Morgan fingerprint density at radius 1 is 1.33 bits per heavy atom. The van der Waals surface area contributed by atoms with E-state index in [0.29, 0.717) is 0 Å². The standard InChI is InChI=1S/C11H17N3O/c12-7-9-2-5-14(6-3-9)11(15)10-1-4-13-8-10/h9-10,13H,1-6,8H2/t10-/m0/s1. The fourth-order valence-electron chi connectivity index (χ4n) is 2.35. The van der Waals surface area contributed by atoms with Gasteiger partial charge in [0.2, 0.25) is 5.91 Å². The number of piperidine rings is 1. The van der Waals surface area contributed by atoms with Gasteiger partial charge in [-0.1, -0.05) is 0 Å². The van der Waals surface area contributed by atoms with Crippen LogP contribution in [-0.2, 0) is 4.79 Å². The summed E-state index contributed by atoms with van der Waals surface area (Å²) in [6, 6.07) is 2.28. The Kier molecular flexibility index (Phi) is 3.22. The first-order valence-corrected chi connectivity index (χ1v) is 5.70. The highest BCUT2D eigenvalue weighted by molar-refractivity contribution is 5.79. The molecule has 0 aromatic heterocycles. The summed E-state index contributed by atoms with van der Waals surface area (Å²) in [6.07, 6.45) is 2.67. The fraction of sp³-hybridized carbons (Fsp3) is 0.818. The van der Waals surface area contributed by atoms with Crippen molar-refractivity contribution in [3.8, 4) is 6.07 Å². The lowest BCUT2D eigenvalue weighted by Gasteiger charge is -2.31. The predicted molar refractivity (Wildman–Crippen MR) is 55.9 cm³/mol. The van der Waals surface area contributed by atoms with Crippen LogP contribution in [0.25, 0.3) is 0 Å². The summed E-state index contributed by atoms with van der Waals surface area (Å²) in [5, 5.41) is 12.0. The van der Waals surface area contributed by atoms with Crippen molar-refractivity contribution in [3.63, 3.8) is 0 Å². The van der Waals surface area contributed by atoms with Crippen molar-refractivity contribution in [3.05, 3.63) is 0 Å². The molecule has 2 aliphatic heterocycles. The summed E-state index contributed by atoms with van der Waals surface area (Å²) in [7, 11) is 0. The van der Waals surface area contributed by atoms with Crippen molar-refractivity contribution in [2.24, 2.45) is 11.8 Å². The minimum absolute atomic E-state index is 0.163. The van der Waals surface area contributed by atoms with Gasteiger partial charge in [-0.05, 0) is 25.8 Å². The van der Waals surface area contributed by atoms with Crippen LogP contribution < -0.4 is 5.32 Å². The van der Waals surface area contributed by atoms with E-state index in [1.54, 1.807) is 0 Å². The lowest BCUT2D eigenvalue weighted by molar-refractivity contribution is -0.136. The van der Waals surface area contributed by atoms with Gasteiger partial charge in [-0.2, -0.15) is 5.26 Å². The van der Waals surface area contributed by atoms with Crippen LogP contribution in [0.1, 0.15) is 19.3 Å². The molecule has 15 heavy (non-hydrogen) atoms. The first kappa shape index (κ1) is 10.4. The zero-order valence-corrected chi connectivity index (χ0v) is 8.91. The molecule has 2 heterocycles. The van der Waals surface area contributed by atoms with Crippen LogP contribution in [0.2, 0.25) is 0 Å². The minimum atomic E-state index is 0.163. The molecule has 1 atom stereocenters. The SMILES string of the molecule is N#CC1CCN(C(=O)[C@H]2CCNC2)CC1. The summed E-state index contributed by atoms with van der Waals surface area (Å²) < 4.78 is 0. The Hall–Kier alpha value is -1.08. The summed E-state index contributed by atoms with van der Waals surface area (Å²) in [4.78, 5) is 13.9. The smallest absolute Gasteiger partial charge is 0.227 e. The van der Waals surface area contributed by atoms with E-state index in [1.807, 2.05) is 4.90 Å². The molecule has 0 radical (unpaired) electrons. The van der Waals surface area contributed by atoms with Gasteiger partial charge in [0.15, 0.2) is 0 Å². The molecule has 0 aliphatic carbocycles. The van der Waals surface area contributed by atoms with E-state index in [-0.39, 0.29) is 17.7 Å². The van der Waals surface area contributed by atoms with Gasteiger partial charge in [0.1, 0.15) is 0 Å². The third kappa shape index (κ3) is 2.29. The summed E-state index contributed by atoms with van der Waals surface area (Å²) in [5.74, 6) is 0.635. The Balaban J connectivity index is 1.84. The summed E-state index contributed by atoms with van der Waals surface area (Å²) in [5.41, 5.74) is 0. The third-order valence-corrected chi connectivity index (χ3v) is 3.40. The quantitative estimate of drug-likeness (QED) is 0.675. The second-order valence-corrected chi connectivity index (χ2v) is 4.42. The first-order chi connectivity index (χ1) is 7.31. The molecule has 4 nitrogen and oxygen atoms in total. The maximum Gasteiger partial charge on any atom is 0.227 e. The van der Waals surface area contributed by atoms with Crippen molar-refractivity contribution in [1.82, 2.24) is 10.2 Å². The Labute approximate surface area is 90.2 Å².